The third-order valence-electron chi connectivity index (χ3n) is 3.86. The van der Waals surface area contributed by atoms with E-state index in [0.717, 1.165) is 11.3 Å². The summed E-state index contributed by atoms with van der Waals surface area (Å²) in [7, 11) is -2.76. The minimum absolute atomic E-state index is 0.0232. The van der Waals surface area contributed by atoms with Crippen LogP contribution in [0.4, 0.5) is 0 Å². The van der Waals surface area contributed by atoms with E-state index in [1.165, 1.54) is 11.4 Å². The van der Waals surface area contributed by atoms with Gasteiger partial charge in [0.1, 0.15) is 9.77 Å². The third-order valence-corrected chi connectivity index (χ3v) is 7.09. The molecule has 0 spiro atoms. The van der Waals surface area contributed by atoms with E-state index in [4.69, 9.17) is 0 Å². The fraction of sp³-hybridized carbons (Fsp3) is 0.571. The molecule has 2 heterocycles. The quantitative estimate of drug-likeness (QED) is 0.817. The van der Waals surface area contributed by atoms with Crippen LogP contribution in [0.25, 0.3) is 0 Å². The van der Waals surface area contributed by atoms with Crippen molar-refractivity contribution in [3.63, 3.8) is 0 Å². The van der Waals surface area contributed by atoms with Gasteiger partial charge in [-0.2, -0.15) is 4.31 Å². The fourth-order valence-corrected chi connectivity index (χ4v) is 6.06. The predicted octanol–water partition coefficient (Wildman–Crippen LogP) is 1.57. The van der Waals surface area contributed by atoms with E-state index in [9.17, 15) is 23.1 Å². The zero-order valence-corrected chi connectivity index (χ0v) is 14.7. The Bertz CT molecular complexity index is 724. The largest absolute Gasteiger partial charge is 0.481 e. The van der Waals surface area contributed by atoms with Gasteiger partial charge in [0.15, 0.2) is 0 Å². The van der Waals surface area contributed by atoms with Gasteiger partial charge in [0, 0.05) is 13.1 Å². The summed E-state index contributed by atoms with van der Waals surface area (Å²) in [5.74, 6) is -2.53. The van der Waals surface area contributed by atoms with Gasteiger partial charge in [0.25, 0.3) is 0 Å². The second-order valence-corrected chi connectivity index (χ2v) is 8.52. The smallest absolute Gasteiger partial charge is 0.349 e. The van der Waals surface area contributed by atoms with Crippen LogP contribution in [0.1, 0.15) is 28.6 Å². The molecule has 2 unspecified atom stereocenters. The number of carboxylic acid groups (broad SMARTS) is 1. The van der Waals surface area contributed by atoms with Gasteiger partial charge < -0.3 is 9.84 Å². The second-order valence-electron chi connectivity index (χ2n) is 5.77. The molecule has 0 aromatic carbocycles. The molecule has 0 aliphatic carbocycles. The Hall–Kier alpha value is -1.45. The third kappa shape index (κ3) is 3.41. The molecule has 7 nitrogen and oxygen atoms in total. The van der Waals surface area contributed by atoms with E-state index in [1.54, 1.807) is 12.3 Å². The Morgan fingerprint density at radius 3 is 2.61 bits per heavy atom. The second kappa shape index (κ2) is 6.58. The summed E-state index contributed by atoms with van der Waals surface area (Å²) >= 11 is 1.01. The molecule has 1 N–H and O–H groups in total. The first-order valence-electron chi connectivity index (χ1n) is 7.07. The highest BCUT2D eigenvalue weighted by molar-refractivity contribution is 7.89. The first-order valence-corrected chi connectivity index (χ1v) is 9.39. The van der Waals surface area contributed by atoms with Crippen molar-refractivity contribution < 1.29 is 27.9 Å². The summed E-state index contributed by atoms with van der Waals surface area (Å²) in [5.41, 5.74) is 0.459. The predicted molar refractivity (Wildman–Crippen MR) is 84.1 cm³/mol. The molecule has 0 saturated carbocycles. The van der Waals surface area contributed by atoms with Gasteiger partial charge in [-0.3, -0.25) is 4.79 Å². The summed E-state index contributed by atoms with van der Waals surface area (Å²) in [5, 5.41) is 10.8. The van der Waals surface area contributed by atoms with Gasteiger partial charge in [0.2, 0.25) is 10.0 Å². The summed E-state index contributed by atoms with van der Waals surface area (Å²) in [6, 6.07) is 0. The lowest BCUT2D eigenvalue weighted by Gasteiger charge is -2.33. The minimum atomic E-state index is -3.95. The average Bonchev–Trinajstić information content (AvgIpc) is 2.88. The maximum absolute atomic E-state index is 13.0. The van der Waals surface area contributed by atoms with Gasteiger partial charge in [0.05, 0.1) is 13.0 Å². The van der Waals surface area contributed by atoms with Gasteiger partial charge in [-0.15, -0.1) is 11.3 Å². The van der Waals surface area contributed by atoms with Crippen molar-refractivity contribution in [2.45, 2.75) is 25.2 Å². The van der Waals surface area contributed by atoms with Crippen LogP contribution in [0.2, 0.25) is 0 Å². The molecule has 1 aliphatic rings. The Morgan fingerprint density at radius 1 is 1.39 bits per heavy atom. The number of methoxy groups -OCH3 is 1. The Labute approximate surface area is 138 Å². The monoisotopic (exact) mass is 361 g/mol. The molecule has 2 rings (SSSR count). The number of ether oxygens (including phenoxy) is 1. The zero-order valence-electron chi connectivity index (χ0n) is 13.1. The topological polar surface area (TPSA) is 101 Å². The van der Waals surface area contributed by atoms with Crippen molar-refractivity contribution in [1.29, 1.82) is 0 Å². The molecule has 0 amide bonds. The van der Waals surface area contributed by atoms with Gasteiger partial charge >= 0.3 is 11.9 Å². The highest BCUT2D eigenvalue weighted by Crippen LogP contribution is 2.33. The number of esters is 1. The summed E-state index contributed by atoms with van der Waals surface area (Å²) in [6.45, 7) is 3.58. The van der Waals surface area contributed by atoms with Crippen LogP contribution >= 0.6 is 11.3 Å². The normalized spacial score (nSPS) is 22.7. The fourth-order valence-electron chi connectivity index (χ4n) is 2.79. The maximum Gasteiger partial charge on any atom is 0.349 e. The molecule has 9 heteroatoms. The summed E-state index contributed by atoms with van der Waals surface area (Å²) < 4.78 is 31.7. The van der Waals surface area contributed by atoms with Crippen LogP contribution < -0.4 is 0 Å². The zero-order chi connectivity index (χ0) is 17.4. The van der Waals surface area contributed by atoms with Crippen molar-refractivity contribution >= 4 is 33.3 Å². The van der Waals surface area contributed by atoms with E-state index in [2.05, 4.69) is 4.74 Å². The van der Waals surface area contributed by atoms with Crippen molar-refractivity contribution in [3.05, 3.63) is 15.8 Å². The van der Waals surface area contributed by atoms with Crippen LogP contribution in [-0.4, -0.2) is 50.0 Å². The number of rotatable bonds is 4. The number of carbonyl (C=O) groups is 2. The Balaban J connectivity index is 2.44. The molecule has 0 radical (unpaired) electrons. The number of hydrogen-bond donors (Lipinski definition) is 1. The standard InChI is InChI=1S/C14H19NO6S2/c1-8-4-10(13(16)17)6-15(5-8)23(19,20)12-9(2)7-22-11(12)14(18)21-3/h7-8,10H,4-6H2,1-3H3,(H,16,17). The molecule has 128 valence electrons. The first kappa shape index (κ1) is 17.9. The molecule has 1 fully saturated rings. The van der Waals surface area contributed by atoms with E-state index < -0.39 is 27.9 Å². The minimum Gasteiger partial charge on any atom is -0.481 e. The van der Waals surface area contributed by atoms with E-state index in [1.807, 2.05) is 6.92 Å². The number of nitrogens with zero attached hydrogens (tertiary/aromatic N) is 1. The number of carbonyl (C=O) groups excluding carboxylic acids is 1. The average molecular weight is 361 g/mol. The Kier molecular flexibility index (Phi) is 5.12. The molecule has 23 heavy (non-hydrogen) atoms. The number of piperidine rings is 1. The Morgan fingerprint density at radius 2 is 2.04 bits per heavy atom. The van der Waals surface area contributed by atoms with Crippen LogP contribution in [0.5, 0.6) is 0 Å². The lowest BCUT2D eigenvalue weighted by molar-refractivity contribution is -0.143. The molecule has 0 bridgehead atoms. The van der Waals surface area contributed by atoms with Crippen molar-refractivity contribution in [3.8, 4) is 0 Å². The highest BCUT2D eigenvalue weighted by Gasteiger charge is 2.39. The first-order chi connectivity index (χ1) is 10.7. The van der Waals surface area contributed by atoms with Gasteiger partial charge in [-0.25, -0.2) is 13.2 Å². The van der Waals surface area contributed by atoms with Gasteiger partial charge in [-0.1, -0.05) is 6.92 Å². The summed E-state index contributed by atoms with van der Waals surface area (Å²) in [4.78, 5) is 23.0. The molecule has 2 atom stereocenters. The van der Waals surface area contributed by atoms with Crippen molar-refractivity contribution in [2.75, 3.05) is 20.2 Å². The number of carboxylic acids is 1. The molecular weight excluding hydrogens is 342 g/mol. The number of sulfonamides is 1. The van der Waals surface area contributed by atoms with Crippen molar-refractivity contribution in [1.82, 2.24) is 4.31 Å². The van der Waals surface area contributed by atoms with E-state index in [-0.39, 0.29) is 28.8 Å². The molecule has 1 aromatic heterocycles. The van der Waals surface area contributed by atoms with Crippen LogP contribution in [0, 0.1) is 18.8 Å². The van der Waals surface area contributed by atoms with Gasteiger partial charge in [-0.05, 0) is 30.2 Å². The van der Waals surface area contributed by atoms with Crippen LogP contribution in [0.15, 0.2) is 10.3 Å². The van der Waals surface area contributed by atoms with Crippen LogP contribution in [0.3, 0.4) is 0 Å². The lowest BCUT2D eigenvalue weighted by atomic mass is 9.92. The molecule has 1 aliphatic heterocycles. The van der Waals surface area contributed by atoms with Crippen molar-refractivity contribution in [2.24, 2.45) is 11.8 Å². The van der Waals surface area contributed by atoms with E-state index >= 15 is 0 Å². The number of aliphatic carboxylic acids is 1. The lowest BCUT2D eigenvalue weighted by Crippen LogP contribution is -2.45. The van der Waals surface area contributed by atoms with Crippen LogP contribution in [-0.2, 0) is 19.6 Å². The number of hydrogen-bond acceptors (Lipinski definition) is 6. The maximum atomic E-state index is 13.0. The molecular formula is C14H19NO6S2. The number of thiophene rings is 1. The number of aryl methyl sites for hydroxylation is 1. The van der Waals surface area contributed by atoms with E-state index in [0.29, 0.717) is 12.0 Å². The molecule has 1 aromatic rings. The SMILES string of the molecule is COC(=O)c1scc(C)c1S(=O)(=O)N1CC(C)CC(C(=O)O)C1. The highest BCUT2D eigenvalue weighted by atomic mass is 32.2. The summed E-state index contributed by atoms with van der Waals surface area (Å²) in [6.07, 6.45) is 0.438. The molecule has 1 saturated heterocycles.